The molecule has 11 atom stereocenters. The normalized spacial score (nSPS) is 29.8. The molecule has 4 aromatic carbocycles. The van der Waals surface area contributed by atoms with E-state index < -0.39 is 45.1 Å². The van der Waals surface area contributed by atoms with Crippen LogP contribution in [0.25, 0.3) is 0 Å². The minimum atomic E-state index is -2.44. The molecular weight excluding hydrogens is 797 g/mol. The Labute approximate surface area is 371 Å². The van der Waals surface area contributed by atoms with Crippen LogP contribution in [0.4, 0.5) is 0 Å². The van der Waals surface area contributed by atoms with Crippen LogP contribution < -0.4 is 0 Å². The quantitative estimate of drug-likeness (QED) is 0.0873. The molecule has 0 spiro atoms. The van der Waals surface area contributed by atoms with E-state index in [1.165, 1.54) is 0 Å². The lowest BCUT2D eigenvalue weighted by molar-refractivity contribution is -0.288. The number of fused-ring (bicyclic) bond motifs is 1. The second-order valence-electron chi connectivity index (χ2n) is 19.1. The van der Waals surface area contributed by atoms with Crippen molar-refractivity contribution >= 4 is 8.32 Å². The largest absolute Gasteiger partial charge is 0.409 e. The predicted molar refractivity (Wildman–Crippen MR) is 244 cm³/mol. The van der Waals surface area contributed by atoms with Crippen molar-refractivity contribution in [2.75, 3.05) is 13.2 Å². The lowest BCUT2D eigenvalue weighted by Gasteiger charge is -2.45. The van der Waals surface area contributed by atoms with Crippen molar-refractivity contribution in [3.63, 3.8) is 0 Å². The van der Waals surface area contributed by atoms with Gasteiger partial charge in [0.25, 0.3) is 0 Å². The number of benzene rings is 4. The summed E-state index contributed by atoms with van der Waals surface area (Å²) in [6.45, 7) is 15.7. The van der Waals surface area contributed by atoms with Crippen LogP contribution in [0.15, 0.2) is 121 Å². The summed E-state index contributed by atoms with van der Waals surface area (Å²) in [5, 5.41) is 12.0. The molecule has 3 aliphatic rings. The topological polar surface area (TPSA) is 94.1 Å². The van der Waals surface area contributed by atoms with E-state index in [9.17, 15) is 5.11 Å². The van der Waals surface area contributed by atoms with Crippen molar-refractivity contribution in [2.45, 2.75) is 159 Å². The fraction of sp³-hybridized carbons (Fsp3) is 0.538. The molecule has 0 saturated carbocycles. The Morgan fingerprint density at radius 2 is 1.19 bits per heavy atom. The Balaban J connectivity index is 1.21. The van der Waals surface area contributed by atoms with Gasteiger partial charge in [0.15, 0.2) is 14.6 Å². The molecule has 3 aliphatic heterocycles. The molecule has 0 bridgehead atoms. The molecule has 3 saturated heterocycles. The number of ether oxygens (including phenoxy) is 7. The van der Waals surface area contributed by atoms with Crippen LogP contribution in [0.3, 0.4) is 0 Å². The van der Waals surface area contributed by atoms with Crippen LogP contribution >= 0.6 is 0 Å². The first-order chi connectivity index (χ1) is 29.9. The zero-order valence-electron chi connectivity index (χ0n) is 37.7. The molecule has 0 radical (unpaired) electrons. The lowest BCUT2D eigenvalue weighted by Crippen LogP contribution is -2.54. The summed E-state index contributed by atoms with van der Waals surface area (Å²) < 4.78 is 55.2. The third kappa shape index (κ3) is 12.9. The van der Waals surface area contributed by atoms with Crippen LogP contribution in [0.5, 0.6) is 0 Å². The average molecular weight is 867 g/mol. The fourth-order valence-electron chi connectivity index (χ4n) is 8.62. The molecule has 0 aromatic heterocycles. The van der Waals surface area contributed by atoms with Crippen LogP contribution in [-0.2, 0) is 57.4 Å². The van der Waals surface area contributed by atoms with E-state index in [0.717, 1.165) is 28.7 Å². The van der Waals surface area contributed by atoms with Gasteiger partial charge in [0, 0.05) is 25.0 Å². The van der Waals surface area contributed by atoms with Gasteiger partial charge in [-0.25, -0.2) is 0 Å². The predicted octanol–water partition coefficient (Wildman–Crippen LogP) is 10.4. The Morgan fingerprint density at radius 1 is 0.629 bits per heavy atom. The zero-order valence-corrected chi connectivity index (χ0v) is 38.7. The molecule has 7 rings (SSSR count). The third-order valence-corrected chi connectivity index (χ3v) is 17.7. The fourth-order valence-corrected chi connectivity index (χ4v) is 9.96. The van der Waals surface area contributed by atoms with Crippen molar-refractivity contribution in [3.05, 3.63) is 144 Å². The molecule has 3 heterocycles. The average Bonchev–Trinajstić information content (AvgIpc) is 3.39. The minimum absolute atomic E-state index is 0.0906. The molecular formula is C52H70O9Si. The van der Waals surface area contributed by atoms with Crippen molar-refractivity contribution in [2.24, 2.45) is 5.92 Å². The summed E-state index contributed by atoms with van der Waals surface area (Å²) in [5.74, 6) is 0.194. The molecule has 9 nitrogen and oxygen atoms in total. The van der Waals surface area contributed by atoms with E-state index in [-0.39, 0.29) is 35.4 Å². The van der Waals surface area contributed by atoms with Gasteiger partial charge in [-0.3, -0.25) is 0 Å². The highest BCUT2D eigenvalue weighted by Gasteiger charge is 2.49. The molecule has 336 valence electrons. The highest BCUT2D eigenvalue weighted by atomic mass is 28.4. The van der Waals surface area contributed by atoms with E-state index >= 15 is 0 Å². The zero-order chi connectivity index (χ0) is 43.5. The van der Waals surface area contributed by atoms with Crippen molar-refractivity contribution in [1.82, 2.24) is 0 Å². The van der Waals surface area contributed by atoms with Gasteiger partial charge in [-0.15, -0.1) is 0 Å². The highest BCUT2D eigenvalue weighted by Crippen LogP contribution is 2.42. The van der Waals surface area contributed by atoms with Gasteiger partial charge >= 0.3 is 0 Å². The number of aliphatic hydroxyl groups is 1. The number of hydrogen-bond acceptors (Lipinski definition) is 9. The summed E-state index contributed by atoms with van der Waals surface area (Å²) >= 11 is 0. The third-order valence-electron chi connectivity index (χ3n) is 13.2. The molecule has 3 fully saturated rings. The van der Waals surface area contributed by atoms with Crippen molar-refractivity contribution < 1.29 is 42.7 Å². The van der Waals surface area contributed by atoms with Gasteiger partial charge in [0.1, 0.15) is 6.10 Å². The van der Waals surface area contributed by atoms with Gasteiger partial charge in [-0.1, -0.05) is 149 Å². The van der Waals surface area contributed by atoms with E-state index in [0.29, 0.717) is 58.7 Å². The van der Waals surface area contributed by atoms with Crippen LogP contribution in [-0.4, -0.2) is 81.6 Å². The Bertz CT molecular complexity index is 1880. The summed E-state index contributed by atoms with van der Waals surface area (Å²) in [7, 11) is -2.44. The summed E-state index contributed by atoms with van der Waals surface area (Å²) in [6, 6.07) is 40.9. The number of rotatable bonds is 16. The summed E-state index contributed by atoms with van der Waals surface area (Å²) in [6.07, 6.45) is -1.55. The summed E-state index contributed by atoms with van der Waals surface area (Å²) in [4.78, 5) is 0. The maximum Gasteiger partial charge on any atom is 0.192 e. The Hall–Kier alpha value is -3.26. The first-order valence-electron chi connectivity index (χ1n) is 22.8. The maximum absolute atomic E-state index is 12.1. The lowest BCUT2D eigenvalue weighted by atomic mass is 9.88. The van der Waals surface area contributed by atoms with Gasteiger partial charge < -0.3 is 42.7 Å². The first-order valence-corrected chi connectivity index (χ1v) is 25.7. The van der Waals surface area contributed by atoms with E-state index in [2.05, 4.69) is 77.2 Å². The monoisotopic (exact) mass is 866 g/mol. The van der Waals surface area contributed by atoms with Gasteiger partial charge in [0.2, 0.25) is 0 Å². The number of hydrogen-bond donors (Lipinski definition) is 1. The SMILES string of the molecule is C[C@H]1C[C@@H](O)[C@H](C[C@H]2O[C@@H](CCOCc3ccccc3)[C@H](OCc3ccccc3)C[C@@H](OCc3ccccc3)[C@@H]2O[Si](C)(C)C(C)(C)C)O[C@@H]2CO[C@@H](c3ccccc3)O[C@H]2C1. The molecule has 4 aromatic rings. The van der Waals surface area contributed by atoms with Gasteiger partial charge in [0.05, 0.1) is 75.3 Å². The number of aliphatic hydroxyl groups excluding tert-OH is 1. The second kappa shape index (κ2) is 22.1. The second-order valence-corrected chi connectivity index (χ2v) is 23.9. The highest BCUT2D eigenvalue weighted by molar-refractivity contribution is 6.74. The molecule has 0 unspecified atom stereocenters. The van der Waals surface area contributed by atoms with Gasteiger partial charge in [-0.05, 0) is 60.0 Å². The molecule has 62 heavy (non-hydrogen) atoms. The van der Waals surface area contributed by atoms with E-state index in [4.69, 9.17) is 37.6 Å². The Morgan fingerprint density at radius 3 is 1.79 bits per heavy atom. The van der Waals surface area contributed by atoms with Crippen LogP contribution in [0.2, 0.25) is 18.1 Å². The first kappa shape index (κ1) is 46.7. The van der Waals surface area contributed by atoms with E-state index in [1.54, 1.807) is 0 Å². The van der Waals surface area contributed by atoms with Crippen LogP contribution in [0.1, 0.15) is 88.3 Å². The van der Waals surface area contributed by atoms with Gasteiger partial charge in [-0.2, -0.15) is 0 Å². The molecule has 10 heteroatoms. The summed E-state index contributed by atoms with van der Waals surface area (Å²) in [5.41, 5.74) is 4.27. The molecule has 0 amide bonds. The van der Waals surface area contributed by atoms with Crippen LogP contribution in [0, 0.1) is 5.92 Å². The van der Waals surface area contributed by atoms with E-state index in [1.807, 2.05) is 84.9 Å². The van der Waals surface area contributed by atoms with Crippen molar-refractivity contribution in [1.29, 1.82) is 0 Å². The standard InChI is InChI=1S/C52H70O9Si/c1-37-29-42(53)44(59-49-36-57-51(60-46(49)30-37)41-25-17-10-18-26-41)31-48-50(61-62(5,6)52(2,3)4)47(56-35-40-23-15-9-16-24-40)32-45(55-34-39-21-13-8-14-22-39)43(58-48)27-28-54-33-38-19-11-7-12-20-38/h7-26,37,42-51,53H,27-36H2,1-6H3/t37-,42+,43-,44-,45+,46-,47+,48+,49+,50-,51+/m0/s1. The smallest absolute Gasteiger partial charge is 0.192 e. The Kier molecular flexibility index (Phi) is 16.6. The minimum Gasteiger partial charge on any atom is -0.409 e. The molecule has 0 aliphatic carbocycles. The van der Waals surface area contributed by atoms with Crippen molar-refractivity contribution in [3.8, 4) is 0 Å². The molecule has 1 N–H and O–H groups in total. The maximum atomic E-state index is 12.1.